The summed E-state index contributed by atoms with van der Waals surface area (Å²) in [4.78, 5) is 14.0. The van der Waals surface area contributed by atoms with Crippen molar-refractivity contribution in [1.29, 1.82) is 0 Å². The van der Waals surface area contributed by atoms with Gasteiger partial charge in [0, 0.05) is 25.4 Å². The van der Waals surface area contributed by atoms with E-state index in [1.807, 2.05) is 28.9 Å². The molecular formula is C24H27N7O. The van der Waals surface area contributed by atoms with E-state index in [0.717, 1.165) is 47.2 Å². The third-order valence-corrected chi connectivity index (χ3v) is 5.39. The molecule has 0 aliphatic rings. The van der Waals surface area contributed by atoms with Gasteiger partial charge in [-0.2, -0.15) is 10.3 Å². The van der Waals surface area contributed by atoms with Crippen molar-refractivity contribution in [2.45, 2.75) is 32.7 Å². The second-order valence-corrected chi connectivity index (χ2v) is 7.96. The van der Waals surface area contributed by atoms with Crippen LogP contribution in [0, 0.1) is 0 Å². The normalized spacial score (nSPS) is 11.0. The van der Waals surface area contributed by atoms with Gasteiger partial charge < -0.3 is 4.90 Å². The van der Waals surface area contributed by atoms with Crippen molar-refractivity contribution >= 4 is 5.91 Å². The number of nitrogens with zero attached hydrogens (tertiary/aromatic N) is 6. The lowest BCUT2D eigenvalue weighted by molar-refractivity contribution is 0.0821. The maximum atomic E-state index is 12.4. The molecule has 1 amide bonds. The second kappa shape index (κ2) is 9.55. The first-order chi connectivity index (χ1) is 15.6. The van der Waals surface area contributed by atoms with E-state index >= 15 is 0 Å². The minimum atomic E-state index is -0.0741. The van der Waals surface area contributed by atoms with E-state index < -0.39 is 0 Å². The van der Waals surface area contributed by atoms with Crippen LogP contribution in [0.3, 0.4) is 0 Å². The minimum absolute atomic E-state index is 0.0741. The molecule has 0 aliphatic heterocycles. The third kappa shape index (κ3) is 4.59. The first-order valence-corrected chi connectivity index (χ1v) is 10.8. The Hall–Kier alpha value is -3.81. The number of hydrogen-bond donors (Lipinski definition) is 1. The van der Waals surface area contributed by atoms with E-state index in [1.54, 1.807) is 19.0 Å². The zero-order valence-electron chi connectivity index (χ0n) is 18.6. The molecule has 2 aromatic carbocycles. The van der Waals surface area contributed by atoms with Crippen LogP contribution in [0.15, 0.2) is 54.6 Å². The molecule has 8 heteroatoms. The maximum Gasteiger partial charge on any atom is 0.273 e. The molecule has 2 heterocycles. The van der Waals surface area contributed by atoms with Crippen LogP contribution in [0.4, 0.5) is 0 Å². The van der Waals surface area contributed by atoms with E-state index in [-0.39, 0.29) is 5.91 Å². The Morgan fingerprint density at radius 3 is 2.47 bits per heavy atom. The van der Waals surface area contributed by atoms with Crippen LogP contribution in [0.5, 0.6) is 0 Å². The summed E-state index contributed by atoms with van der Waals surface area (Å²) in [6.07, 6.45) is 3.06. The summed E-state index contributed by atoms with van der Waals surface area (Å²) in [6, 6.07) is 18.3. The molecule has 0 fully saturated rings. The predicted octanol–water partition coefficient (Wildman–Crippen LogP) is 3.82. The number of hydrogen-bond acceptors (Lipinski definition) is 5. The van der Waals surface area contributed by atoms with E-state index in [9.17, 15) is 4.79 Å². The number of aromatic nitrogens is 6. The summed E-state index contributed by atoms with van der Waals surface area (Å²) in [7, 11) is 3.50. The fourth-order valence-electron chi connectivity index (χ4n) is 3.65. The molecule has 0 radical (unpaired) electrons. The number of aromatic amines is 1. The highest BCUT2D eigenvalue weighted by Gasteiger charge is 2.16. The molecule has 8 nitrogen and oxygen atoms in total. The van der Waals surface area contributed by atoms with Gasteiger partial charge in [-0.05, 0) is 40.8 Å². The van der Waals surface area contributed by atoms with Gasteiger partial charge in [-0.3, -0.25) is 9.48 Å². The lowest BCUT2D eigenvalue weighted by Gasteiger charge is -2.10. The summed E-state index contributed by atoms with van der Waals surface area (Å²) in [5.74, 6) is 0.495. The third-order valence-electron chi connectivity index (χ3n) is 5.39. The van der Waals surface area contributed by atoms with Crippen LogP contribution >= 0.6 is 0 Å². The number of unbranched alkanes of at least 4 members (excludes halogenated alkanes) is 1. The van der Waals surface area contributed by atoms with Crippen LogP contribution in [-0.2, 0) is 13.0 Å². The molecule has 32 heavy (non-hydrogen) atoms. The van der Waals surface area contributed by atoms with Gasteiger partial charge >= 0.3 is 0 Å². The van der Waals surface area contributed by atoms with E-state index in [1.165, 1.54) is 0 Å². The van der Waals surface area contributed by atoms with Crippen LogP contribution in [0.2, 0.25) is 0 Å². The number of carbonyl (C=O) groups is 1. The Balaban J connectivity index is 1.59. The van der Waals surface area contributed by atoms with Crippen molar-refractivity contribution in [3.05, 3.63) is 71.5 Å². The number of aryl methyl sites for hydroxylation is 1. The van der Waals surface area contributed by atoms with Gasteiger partial charge in [-0.25, -0.2) is 0 Å². The molecule has 0 aliphatic carbocycles. The van der Waals surface area contributed by atoms with E-state index in [0.29, 0.717) is 18.1 Å². The molecule has 0 saturated heterocycles. The number of amides is 1. The van der Waals surface area contributed by atoms with Crippen LogP contribution in [-0.4, -0.2) is 55.3 Å². The lowest BCUT2D eigenvalue weighted by atomic mass is 9.98. The topological polar surface area (TPSA) is 92.6 Å². The average molecular weight is 430 g/mol. The molecule has 0 spiro atoms. The number of carbonyl (C=O) groups excluding carboxylic acids is 1. The Kier molecular flexibility index (Phi) is 6.39. The largest absolute Gasteiger partial charge is 0.343 e. The maximum absolute atomic E-state index is 12.4. The smallest absolute Gasteiger partial charge is 0.273 e. The van der Waals surface area contributed by atoms with Gasteiger partial charge in [0.05, 0.1) is 6.54 Å². The monoisotopic (exact) mass is 429 g/mol. The number of benzene rings is 2. The number of H-pyrrole nitrogens is 1. The van der Waals surface area contributed by atoms with Gasteiger partial charge in [0.2, 0.25) is 5.82 Å². The Labute approximate surface area is 187 Å². The number of tetrazole rings is 1. The molecule has 0 bridgehead atoms. The van der Waals surface area contributed by atoms with Gasteiger partial charge in [-0.15, -0.1) is 10.2 Å². The predicted molar refractivity (Wildman–Crippen MR) is 123 cm³/mol. The molecule has 4 rings (SSSR count). The highest BCUT2D eigenvalue weighted by atomic mass is 16.2. The van der Waals surface area contributed by atoms with Crippen molar-refractivity contribution in [1.82, 2.24) is 35.3 Å². The Morgan fingerprint density at radius 1 is 1.06 bits per heavy atom. The minimum Gasteiger partial charge on any atom is -0.343 e. The first kappa shape index (κ1) is 21.4. The van der Waals surface area contributed by atoms with E-state index in [2.05, 4.69) is 63.0 Å². The zero-order valence-corrected chi connectivity index (χ0v) is 18.6. The van der Waals surface area contributed by atoms with Gasteiger partial charge in [-0.1, -0.05) is 61.9 Å². The summed E-state index contributed by atoms with van der Waals surface area (Å²) < 4.78 is 1.95. The molecular weight excluding hydrogens is 402 g/mol. The molecule has 0 saturated carbocycles. The number of nitrogens with one attached hydrogen (secondary N) is 1. The molecule has 2 aromatic heterocycles. The molecule has 164 valence electrons. The number of rotatable bonds is 8. The first-order valence-electron chi connectivity index (χ1n) is 10.8. The Bertz CT molecular complexity index is 1180. The van der Waals surface area contributed by atoms with Crippen LogP contribution in [0.25, 0.3) is 22.5 Å². The fourth-order valence-corrected chi connectivity index (χ4v) is 3.65. The molecule has 0 atom stereocenters. The summed E-state index contributed by atoms with van der Waals surface area (Å²) >= 11 is 0. The van der Waals surface area contributed by atoms with Gasteiger partial charge in [0.25, 0.3) is 5.91 Å². The Morgan fingerprint density at radius 2 is 1.81 bits per heavy atom. The van der Waals surface area contributed by atoms with Crippen LogP contribution in [0.1, 0.15) is 41.5 Å². The van der Waals surface area contributed by atoms with Crippen molar-refractivity contribution < 1.29 is 4.79 Å². The van der Waals surface area contributed by atoms with Crippen molar-refractivity contribution in [2.24, 2.45) is 0 Å². The fraction of sp³-hybridized carbons (Fsp3) is 0.292. The average Bonchev–Trinajstić information content (AvgIpc) is 3.48. The standard InChI is InChI=1S/C24H27N7O/c1-4-5-8-19-15-22(24(32)30(2)3)27-31(19)16-17-11-13-18(14-12-17)20-9-6-7-10-21(20)23-25-28-29-26-23/h6-7,9-15H,4-5,8,16H2,1-3H3,(H,25,26,28,29). The van der Waals surface area contributed by atoms with Gasteiger partial charge in [0.15, 0.2) is 5.69 Å². The second-order valence-electron chi connectivity index (χ2n) is 7.96. The highest BCUT2D eigenvalue weighted by molar-refractivity contribution is 5.92. The molecule has 1 N–H and O–H groups in total. The lowest BCUT2D eigenvalue weighted by Crippen LogP contribution is -2.22. The van der Waals surface area contributed by atoms with Gasteiger partial charge in [0.1, 0.15) is 0 Å². The summed E-state index contributed by atoms with van der Waals surface area (Å²) in [5, 5.41) is 19.0. The SMILES string of the molecule is CCCCc1cc(C(=O)N(C)C)nn1Cc1ccc(-c2ccccc2-c2nn[nH]n2)cc1. The van der Waals surface area contributed by atoms with Crippen molar-refractivity contribution in [3.63, 3.8) is 0 Å². The van der Waals surface area contributed by atoms with Crippen molar-refractivity contribution in [2.75, 3.05) is 14.1 Å². The van der Waals surface area contributed by atoms with Crippen molar-refractivity contribution in [3.8, 4) is 22.5 Å². The van der Waals surface area contributed by atoms with E-state index in [4.69, 9.17) is 0 Å². The quantitative estimate of drug-likeness (QED) is 0.460. The summed E-state index contributed by atoms with van der Waals surface area (Å²) in [5.41, 5.74) is 5.74. The summed E-state index contributed by atoms with van der Waals surface area (Å²) in [6.45, 7) is 2.78. The zero-order chi connectivity index (χ0) is 22.5. The molecule has 4 aromatic rings. The highest BCUT2D eigenvalue weighted by Crippen LogP contribution is 2.29. The van der Waals surface area contributed by atoms with Crippen LogP contribution < -0.4 is 0 Å². The molecule has 0 unspecified atom stereocenters.